The highest BCUT2D eigenvalue weighted by Gasteiger charge is 2.27. The number of carbonyl (C=O) groups excluding carboxylic acids is 1. The van der Waals surface area contributed by atoms with Gasteiger partial charge in [-0.2, -0.15) is 0 Å². The van der Waals surface area contributed by atoms with Gasteiger partial charge in [0.15, 0.2) is 0 Å². The SMILES string of the molecule is Cl.NCc1ccc(NC(=O)C[C@@H]2CCc3cc(Cl)cc4[nH]c(=O)c(=O)n2c34)c(C(=O)O)c1. The van der Waals surface area contributed by atoms with Crippen molar-refractivity contribution >= 4 is 52.6 Å². The molecule has 0 saturated carbocycles. The van der Waals surface area contributed by atoms with E-state index in [0.717, 1.165) is 5.56 Å². The smallest absolute Gasteiger partial charge is 0.337 e. The van der Waals surface area contributed by atoms with E-state index >= 15 is 0 Å². The van der Waals surface area contributed by atoms with Crippen molar-refractivity contribution in [2.75, 3.05) is 5.32 Å². The molecule has 0 aliphatic carbocycles. The molecule has 1 atom stereocenters. The zero-order chi connectivity index (χ0) is 22.3. The van der Waals surface area contributed by atoms with Crippen LogP contribution in [0.4, 0.5) is 5.69 Å². The van der Waals surface area contributed by atoms with Gasteiger partial charge in [0.1, 0.15) is 0 Å². The van der Waals surface area contributed by atoms with Crippen molar-refractivity contribution in [3.8, 4) is 0 Å². The number of carboxylic acids is 1. The lowest BCUT2D eigenvalue weighted by Gasteiger charge is -2.27. The van der Waals surface area contributed by atoms with Crippen molar-refractivity contribution in [2.45, 2.75) is 31.8 Å². The lowest BCUT2D eigenvalue weighted by molar-refractivity contribution is -0.117. The van der Waals surface area contributed by atoms with Gasteiger partial charge in [0.05, 0.1) is 22.3 Å². The van der Waals surface area contributed by atoms with Crippen molar-refractivity contribution in [1.82, 2.24) is 9.55 Å². The van der Waals surface area contributed by atoms with Crippen LogP contribution >= 0.6 is 24.0 Å². The number of aryl methyl sites for hydroxylation is 1. The van der Waals surface area contributed by atoms with Gasteiger partial charge in [-0.1, -0.05) is 17.7 Å². The van der Waals surface area contributed by atoms with Crippen molar-refractivity contribution in [1.29, 1.82) is 0 Å². The van der Waals surface area contributed by atoms with E-state index in [4.69, 9.17) is 17.3 Å². The minimum Gasteiger partial charge on any atom is -0.478 e. The van der Waals surface area contributed by atoms with Gasteiger partial charge >= 0.3 is 17.1 Å². The molecule has 168 valence electrons. The molecule has 11 heteroatoms. The van der Waals surface area contributed by atoms with E-state index in [-0.39, 0.29) is 36.6 Å². The van der Waals surface area contributed by atoms with E-state index in [1.807, 2.05) is 0 Å². The van der Waals surface area contributed by atoms with Gasteiger partial charge in [0.25, 0.3) is 0 Å². The standard InChI is InChI=1S/C21H19ClN4O5.ClH/c22-12-6-11-2-3-13(26-18(11)16(7-12)25-19(28)20(26)29)8-17(27)24-15-4-1-10(9-23)5-14(15)21(30)31;/h1,4-7,13H,2-3,8-9,23H2,(H,24,27)(H,25,28)(H,30,31);1H/t13-;/m0./s1. The quantitative estimate of drug-likeness (QED) is 0.414. The largest absolute Gasteiger partial charge is 0.478 e. The van der Waals surface area contributed by atoms with Crippen LogP contribution in [-0.2, 0) is 17.8 Å². The third-order valence-corrected chi connectivity index (χ3v) is 5.63. The molecule has 4 rings (SSSR count). The average molecular weight is 479 g/mol. The first-order valence-corrected chi connectivity index (χ1v) is 9.99. The number of carboxylic acid groups (broad SMARTS) is 1. The number of nitrogens with zero attached hydrogens (tertiary/aromatic N) is 1. The monoisotopic (exact) mass is 478 g/mol. The van der Waals surface area contributed by atoms with Crippen LogP contribution in [0.3, 0.4) is 0 Å². The van der Waals surface area contributed by atoms with Crippen LogP contribution in [-0.4, -0.2) is 26.5 Å². The number of H-pyrrole nitrogens is 1. The van der Waals surface area contributed by atoms with Crippen molar-refractivity contribution < 1.29 is 14.7 Å². The van der Waals surface area contributed by atoms with E-state index in [1.165, 1.54) is 16.7 Å². The molecular weight excluding hydrogens is 459 g/mol. The van der Waals surface area contributed by atoms with Crippen LogP contribution in [0.5, 0.6) is 0 Å². The van der Waals surface area contributed by atoms with Crippen molar-refractivity contribution in [3.05, 3.63) is 72.8 Å². The number of hydrogen-bond donors (Lipinski definition) is 4. The number of aromatic amines is 1. The van der Waals surface area contributed by atoms with Crippen molar-refractivity contribution in [2.24, 2.45) is 5.73 Å². The molecular formula is C21H20Cl2N4O5. The fourth-order valence-electron chi connectivity index (χ4n) is 4.03. The summed E-state index contributed by atoms with van der Waals surface area (Å²) in [5, 5.41) is 12.5. The van der Waals surface area contributed by atoms with E-state index in [9.17, 15) is 24.3 Å². The predicted molar refractivity (Wildman–Crippen MR) is 123 cm³/mol. The summed E-state index contributed by atoms with van der Waals surface area (Å²) in [6, 6.07) is 7.28. The fraction of sp³-hybridized carbons (Fsp3) is 0.238. The van der Waals surface area contributed by atoms with Gasteiger partial charge in [-0.25, -0.2) is 4.79 Å². The molecule has 0 saturated heterocycles. The van der Waals surface area contributed by atoms with Crippen LogP contribution in [0.25, 0.3) is 11.0 Å². The molecule has 32 heavy (non-hydrogen) atoms. The number of aromatic nitrogens is 2. The molecule has 0 spiro atoms. The molecule has 2 heterocycles. The maximum absolute atomic E-state index is 12.7. The highest BCUT2D eigenvalue weighted by Crippen LogP contribution is 2.32. The number of rotatable bonds is 5. The maximum atomic E-state index is 12.7. The van der Waals surface area contributed by atoms with Gasteiger partial charge in [0, 0.05) is 24.0 Å². The summed E-state index contributed by atoms with van der Waals surface area (Å²) in [7, 11) is 0. The van der Waals surface area contributed by atoms with Crippen LogP contribution in [0.2, 0.25) is 5.02 Å². The molecule has 9 nitrogen and oxygen atoms in total. The number of nitrogens with one attached hydrogen (secondary N) is 2. The first-order chi connectivity index (χ1) is 14.8. The summed E-state index contributed by atoms with van der Waals surface area (Å²) in [4.78, 5) is 51.6. The normalized spacial score (nSPS) is 14.6. The highest BCUT2D eigenvalue weighted by molar-refractivity contribution is 6.31. The zero-order valence-corrected chi connectivity index (χ0v) is 18.3. The topological polar surface area (TPSA) is 147 Å². The Morgan fingerprint density at radius 2 is 2.00 bits per heavy atom. The number of hydrogen-bond acceptors (Lipinski definition) is 5. The molecule has 3 aromatic rings. The summed E-state index contributed by atoms with van der Waals surface area (Å²) in [5.41, 5.74) is 6.51. The predicted octanol–water partition coefficient (Wildman–Crippen LogP) is 2.44. The summed E-state index contributed by atoms with van der Waals surface area (Å²) >= 11 is 6.11. The maximum Gasteiger partial charge on any atom is 0.337 e. The van der Waals surface area contributed by atoms with Crippen LogP contribution in [0.1, 0.15) is 40.4 Å². The minimum atomic E-state index is -1.19. The molecule has 5 N–H and O–H groups in total. The number of benzene rings is 2. The Hall–Kier alpha value is -3.14. The van der Waals surface area contributed by atoms with E-state index in [0.29, 0.717) is 34.5 Å². The second-order valence-electron chi connectivity index (χ2n) is 7.42. The third-order valence-electron chi connectivity index (χ3n) is 5.41. The van der Waals surface area contributed by atoms with Crippen LogP contribution in [0.15, 0.2) is 39.9 Å². The number of halogens is 2. The van der Waals surface area contributed by atoms with Gasteiger partial charge in [-0.05, 0) is 48.2 Å². The zero-order valence-electron chi connectivity index (χ0n) is 16.7. The number of nitrogens with two attached hydrogens (primary N) is 1. The summed E-state index contributed by atoms with van der Waals surface area (Å²) in [5.74, 6) is -1.66. The molecule has 2 aromatic carbocycles. The third kappa shape index (κ3) is 4.27. The summed E-state index contributed by atoms with van der Waals surface area (Å²) in [6.45, 7) is 0.168. The van der Waals surface area contributed by atoms with Crippen molar-refractivity contribution in [3.63, 3.8) is 0 Å². The molecule has 1 aliphatic rings. The number of anilines is 1. The number of carbonyl (C=O) groups is 2. The Morgan fingerprint density at radius 3 is 2.69 bits per heavy atom. The number of aromatic carboxylic acids is 1. The summed E-state index contributed by atoms with van der Waals surface area (Å²) < 4.78 is 1.35. The molecule has 0 radical (unpaired) electrons. The molecule has 0 fully saturated rings. The molecule has 1 aliphatic heterocycles. The number of amides is 1. The van der Waals surface area contributed by atoms with E-state index in [1.54, 1.807) is 18.2 Å². The Morgan fingerprint density at radius 1 is 1.25 bits per heavy atom. The van der Waals surface area contributed by atoms with E-state index in [2.05, 4.69) is 10.3 Å². The Labute approximate surface area is 192 Å². The van der Waals surface area contributed by atoms with Crippen LogP contribution < -0.4 is 22.2 Å². The van der Waals surface area contributed by atoms with Gasteiger partial charge in [-0.15, -0.1) is 12.4 Å². The van der Waals surface area contributed by atoms with Gasteiger partial charge < -0.3 is 21.1 Å². The first kappa shape index (κ1) is 23.5. The second-order valence-corrected chi connectivity index (χ2v) is 7.86. The highest BCUT2D eigenvalue weighted by atomic mass is 35.5. The van der Waals surface area contributed by atoms with E-state index < -0.39 is 29.0 Å². The molecule has 1 aromatic heterocycles. The van der Waals surface area contributed by atoms with Gasteiger partial charge in [-0.3, -0.25) is 19.0 Å². The van der Waals surface area contributed by atoms with Gasteiger partial charge in [0.2, 0.25) is 5.91 Å². The van der Waals surface area contributed by atoms with Crippen LogP contribution in [0, 0.1) is 0 Å². The lowest BCUT2D eigenvalue weighted by atomic mass is 9.96. The Bertz CT molecular complexity index is 1350. The Balaban J connectivity index is 0.00000289. The lowest BCUT2D eigenvalue weighted by Crippen LogP contribution is -2.41. The fourth-order valence-corrected chi connectivity index (χ4v) is 4.27. The molecule has 0 unspecified atom stereocenters. The average Bonchev–Trinajstić information content (AvgIpc) is 2.72. The molecule has 0 bridgehead atoms. The second kappa shape index (κ2) is 9.15. The minimum absolute atomic E-state index is 0. The molecule has 1 amide bonds. The Kier molecular flexibility index (Phi) is 6.73. The summed E-state index contributed by atoms with van der Waals surface area (Å²) in [6.07, 6.45) is 0.932. The first-order valence-electron chi connectivity index (χ1n) is 9.61.